The fourth-order valence-corrected chi connectivity index (χ4v) is 5.20. The van der Waals surface area contributed by atoms with E-state index in [4.69, 9.17) is 9.72 Å². The maximum Gasteiger partial charge on any atom is 0.227 e. The van der Waals surface area contributed by atoms with Gasteiger partial charge in [-0.25, -0.2) is 4.98 Å². The van der Waals surface area contributed by atoms with Gasteiger partial charge in [0.15, 0.2) is 0 Å². The predicted molar refractivity (Wildman–Crippen MR) is 138 cm³/mol. The first kappa shape index (κ1) is 23.3. The van der Waals surface area contributed by atoms with Crippen molar-refractivity contribution in [3.05, 3.63) is 36.4 Å². The Hall–Kier alpha value is -2.84. The third-order valence-electron chi connectivity index (χ3n) is 5.98. The molecule has 0 radical (unpaired) electrons. The number of nitrogens with one attached hydrogen (secondary N) is 1. The number of carbonyl (C=O) groups excluding carboxylic acids is 1. The zero-order valence-electron chi connectivity index (χ0n) is 20.1. The summed E-state index contributed by atoms with van der Waals surface area (Å²) in [5, 5.41) is 4.26. The number of nitrogens with zero attached hydrogens (tertiary/aromatic N) is 4. The first-order chi connectivity index (χ1) is 15.9. The van der Waals surface area contributed by atoms with Crippen molar-refractivity contribution in [2.24, 2.45) is 5.92 Å². The van der Waals surface area contributed by atoms with Gasteiger partial charge in [-0.2, -0.15) is 0 Å². The van der Waals surface area contributed by atoms with E-state index < -0.39 is 0 Å². The minimum absolute atomic E-state index is 0.0361. The fraction of sp³-hybridized carbons (Fsp3) is 0.440. The highest BCUT2D eigenvalue weighted by Gasteiger charge is 2.31. The van der Waals surface area contributed by atoms with E-state index in [1.807, 2.05) is 33.3 Å². The molecule has 1 fully saturated rings. The Morgan fingerprint density at radius 2 is 1.97 bits per heavy atom. The Labute approximate surface area is 200 Å². The third-order valence-corrected chi connectivity index (χ3v) is 7.29. The summed E-state index contributed by atoms with van der Waals surface area (Å²) in [5.74, 6) is 1.09. The largest absolute Gasteiger partial charge is 0.492 e. The van der Waals surface area contributed by atoms with Crippen molar-refractivity contribution in [2.75, 3.05) is 71.3 Å². The second-order valence-corrected chi connectivity index (χ2v) is 9.89. The van der Waals surface area contributed by atoms with Crippen LogP contribution in [0.3, 0.4) is 0 Å². The molecule has 33 heavy (non-hydrogen) atoms. The number of pyridine rings is 1. The van der Waals surface area contributed by atoms with E-state index in [-0.39, 0.29) is 11.8 Å². The van der Waals surface area contributed by atoms with Gasteiger partial charge in [-0.15, -0.1) is 11.3 Å². The van der Waals surface area contributed by atoms with Gasteiger partial charge in [-0.1, -0.05) is 0 Å². The molecule has 7 nitrogen and oxygen atoms in total. The van der Waals surface area contributed by atoms with Crippen molar-refractivity contribution in [2.45, 2.75) is 6.42 Å². The van der Waals surface area contributed by atoms with Crippen molar-refractivity contribution in [1.82, 2.24) is 15.2 Å². The minimum Gasteiger partial charge on any atom is -0.492 e. The number of anilines is 2. The molecule has 8 heteroatoms. The van der Waals surface area contributed by atoms with Gasteiger partial charge in [0.25, 0.3) is 0 Å². The fourth-order valence-electron chi connectivity index (χ4n) is 4.13. The van der Waals surface area contributed by atoms with Gasteiger partial charge in [0.2, 0.25) is 5.91 Å². The van der Waals surface area contributed by atoms with Gasteiger partial charge in [0.1, 0.15) is 12.4 Å². The van der Waals surface area contributed by atoms with E-state index in [1.54, 1.807) is 16.2 Å². The summed E-state index contributed by atoms with van der Waals surface area (Å²) in [6, 6.07) is 12.5. The summed E-state index contributed by atoms with van der Waals surface area (Å²) in [6.45, 7) is 3.05. The molecule has 4 rings (SSSR count). The van der Waals surface area contributed by atoms with Crippen molar-refractivity contribution in [3.8, 4) is 17.0 Å². The predicted octanol–water partition coefficient (Wildman–Crippen LogP) is 3.54. The Morgan fingerprint density at radius 1 is 1.21 bits per heavy atom. The number of carbonyl (C=O) groups is 1. The highest BCUT2D eigenvalue weighted by molar-refractivity contribution is 7.23. The molecule has 1 aliphatic heterocycles. The molecule has 0 bridgehead atoms. The van der Waals surface area contributed by atoms with Gasteiger partial charge in [-0.05, 0) is 49.9 Å². The van der Waals surface area contributed by atoms with Crippen LogP contribution < -0.4 is 19.9 Å². The molecule has 0 aliphatic carbocycles. The van der Waals surface area contributed by atoms with Crippen LogP contribution in [-0.2, 0) is 4.79 Å². The lowest BCUT2D eigenvalue weighted by Gasteiger charge is -2.21. The molecule has 176 valence electrons. The van der Waals surface area contributed by atoms with E-state index in [9.17, 15) is 4.79 Å². The highest BCUT2D eigenvalue weighted by atomic mass is 32.1. The van der Waals surface area contributed by atoms with Crippen molar-refractivity contribution in [1.29, 1.82) is 0 Å². The standard InChI is InChI=1S/C25H33N5O2S/c1-26-11-13-32-19-8-6-17(7-9-19)20-14-22(24-21(27-20)15-23(33-24)28(2)3)30-12-10-18(16-30)25(31)29(4)5/h6-9,14-15,18,26H,10-13,16H2,1-5H3. The van der Waals surface area contributed by atoms with E-state index in [2.05, 4.69) is 53.5 Å². The third kappa shape index (κ3) is 5.07. The summed E-state index contributed by atoms with van der Waals surface area (Å²) in [7, 11) is 9.70. The van der Waals surface area contributed by atoms with Crippen LogP contribution in [0.25, 0.3) is 21.5 Å². The molecule has 1 aliphatic rings. The van der Waals surface area contributed by atoms with Gasteiger partial charge >= 0.3 is 0 Å². The number of fused-ring (bicyclic) bond motifs is 1. The Kier molecular flexibility index (Phi) is 7.05. The Balaban J connectivity index is 1.68. The summed E-state index contributed by atoms with van der Waals surface area (Å²) in [4.78, 5) is 23.7. The number of amides is 1. The second kappa shape index (κ2) is 9.97. The van der Waals surface area contributed by atoms with Crippen LogP contribution in [0.1, 0.15) is 6.42 Å². The zero-order valence-corrected chi connectivity index (χ0v) is 20.9. The molecule has 1 saturated heterocycles. The lowest BCUT2D eigenvalue weighted by Crippen LogP contribution is -2.31. The van der Waals surface area contributed by atoms with Crippen LogP contribution in [-0.4, -0.2) is 77.3 Å². The monoisotopic (exact) mass is 467 g/mol. The molecule has 3 aromatic rings. The molecule has 2 aromatic heterocycles. The summed E-state index contributed by atoms with van der Waals surface area (Å²) in [5.41, 5.74) is 4.14. The molecule has 1 atom stereocenters. The van der Waals surface area contributed by atoms with Crippen LogP contribution in [0.5, 0.6) is 5.75 Å². The number of thiophene rings is 1. The maximum atomic E-state index is 12.6. The topological polar surface area (TPSA) is 60.9 Å². The molecule has 1 aromatic carbocycles. The maximum absolute atomic E-state index is 12.6. The summed E-state index contributed by atoms with van der Waals surface area (Å²) >= 11 is 1.75. The first-order valence-electron chi connectivity index (χ1n) is 11.3. The number of aromatic nitrogens is 1. The molecule has 0 spiro atoms. The van der Waals surface area contributed by atoms with Crippen molar-refractivity contribution >= 4 is 38.1 Å². The Bertz CT molecular complexity index is 1110. The number of rotatable bonds is 8. The quantitative estimate of drug-likeness (QED) is 0.512. The molecule has 3 heterocycles. The Morgan fingerprint density at radius 3 is 2.64 bits per heavy atom. The molecule has 1 N–H and O–H groups in total. The smallest absolute Gasteiger partial charge is 0.227 e. The van der Waals surface area contributed by atoms with Crippen molar-refractivity contribution < 1.29 is 9.53 Å². The lowest BCUT2D eigenvalue weighted by atomic mass is 10.1. The lowest BCUT2D eigenvalue weighted by molar-refractivity contribution is -0.132. The number of likely N-dealkylation sites (N-methyl/N-ethyl adjacent to an activating group) is 1. The summed E-state index contributed by atoms with van der Waals surface area (Å²) in [6.07, 6.45) is 0.876. The van der Waals surface area contributed by atoms with Crippen LogP contribution in [0.2, 0.25) is 0 Å². The second-order valence-electron chi connectivity index (χ2n) is 8.86. The van der Waals surface area contributed by atoms with Crippen LogP contribution in [0.15, 0.2) is 36.4 Å². The SMILES string of the molecule is CNCCOc1ccc(-c2cc(N3CCC(C(=O)N(C)C)C3)c3sc(N(C)C)cc3n2)cc1. The number of benzene rings is 1. The molecule has 0 saturated carbocycles. The van der Waals surface area contributed by atoms with Crippen LogP contribution in [0, 0.1) is 5.92 Å². The van der Waals surface area contributed by atoms with Gasteiger partial charge in [0.05, 0.1) is 32.5 Å². The molecular formula is C25H33N5O2S. The number of hydrogen-bond acceptors (Lipinski definition) is 7. The molecular weight excluding hydrogens is 434 g/mol. The highest BCUT2D eigenvalue weighted by Crippen LogP contribution is 2.41. The van der Waals surface area contributed by atoms with Gasteiger partial charge in [-0.3, -0.25) is 4.79 Å². The first-order valence-corrected chi connectivity index (χ1v) is 12.1. The minimum atomic E-state index is 0.0361. The molecule has 1 unspecified atom stereocenters. The van der Waals surface area contributed by atoms with Crippen LogP contribution >= 0.6 is 11.3 Å². The van der Waals surface area contributed by atoms with E-state index in [0.29, 0.717) is 6.61 Å². The van der Waals surface area contributed by atoms with E-state index in [1.165, 1.54) is 9.70 Å². The number of ether oxygens (including phenoxy) is 1. The average Bonchev–Trinajstić information content (AvgIpc) is 3.46. The average molecular weight is 468 g/mol. The zero-order chi connectivity index (χ0) is 23.5. The van der Waals surface area contributed by atoms with E-state index >= 15 is 0 Å². The van der Waals surface area contributed by atoms with Crippen molar-refractivity contribution in [3.63, 3.8) is 0 Å². The van der Waals surface area contributed by atoms with Crippen LogP contribution in [0.4, 0.5) is 10.7 Å². The normalized spacial score (nSPS) is 15.8. The summed E-state index contributed by atoms with van der Waals surface area (Å²) < 4.78 is 6.94. The number of hydrogen-bond donors (Lipinski definition) is 1. The van der Waals surface area contributed by atoms with Gasteiger partial charge in [0, 0.05) is 53.4 Å². The van der Waals surface area contributed by atoms with Gasteiger partial charge < -0.3 is 24.8 Å². The van der Waals surface area contributed by atoms with E-state index in [0.717, 1.165) is 54.3 Å². The molecule has 1 amide bonds.